The van der Waals surface area contributed by atoms with Crippen molar-refractivity contribution in [3.8, 4) is 0 Å². The second-order valence-electron chi connectivity index (χ2n) is 4.44. The summed E-state index contributed by atoms with van der Waals surface area (Å²) in [5.41, 5.74) is 4.05. The summed E-state index contributed by atoms with van der Waals surface area (Å²) in [6.07, 6.45) is 2.46. The number of anilines is 1. The number of halogens is 2. The van der Waals surface area contributed by atoms with E-state index in [4.69, 9.17) is 0 Å². The second-order valence-corrected chi connectivity index (χ2v) is 4.44. The number of benzene rings is 1. The molecule has 2 rings (SSSR count). The first-order valence-corrected chi connectivity index (χ1v) is 5.81. The zero-order valence-electron chi connectivity index (χ0n) is 10.5. The molecule has 1 aliphatic rings. The largest absolute Gasteiger partial charge is 0.382 e. The maximum atomic E-state index is 3.68. The first kappa shape index (κ1) is 16.9. The predicted octanol–water partition coefficient (Wildman–Crippen LogP) is 3.62. The fraction of sp³-hybridized carbons (Fsp3) is 0.538. The van der Waals surface area contributed by atoms with Gasteiger partial charge in [-0.05, 0) is 50.9 Å². The number of hydrogen-bond acceptors (Lipinski definition) is 2. The number of hydrogen-bond donors (Lipinski definition) is 2. The molecule has 1 aromatic rings. The number of piperidine rings is 1. The highest BCUT2D eigenvalue weighted by atomic mass is 79.9. The molecule has 1 saturated heterocycles. The van der Waals surface area contributed by atoms with Crippen molar-refractivity contribution in [1.82, 2.24) is 5.32 Å². The van der Waals surface area contributed by atoms with Crippen LogP contribution in [-0.4, -0.2) is 19.1 Å². The Morgan fingerprint density at radius 2 is 1.59 bits per heavy atom. The summed E-state index contributed by atoms with van der Waals surface area (Å²) in [5.74, 6) is 0. The topological polar surface area (TPSA) is 24.1 Å². The summed E-state index contributed by atoms with van der Waals surface area (Å²) in [6.45, 7) is 6.64. The van der Waals surface area contributed by atoms with E-state index in [-0.39, 0.29) is 34.0 Å². The van der Waals surface area contributed by atoms with Crippen LogP contribution in [0, 0.1) is 13.8 Å². The minimum Gasteiger partial charge on any atom is -0.382 e. The Labute approximate surface area is 125 Å². The van der Waals surface area contributed by atoms with Crippen LogP contribution < -0.4 is 10.6 Å². The highest BCUT2D eigenvalue weighted by molar-refractivity contribution is 8.93. The minimum atomic E-state index is 0. The third-order valence-electron chi connectivity index (χ3n) is 3.17. The van der Waals surface area contributed by atoms with Gasteiger partial charge in [-0.1, -0.05) is 18.2 Å². The van der Waals surface area contributed by atoms with Crippen molar-refractivity contribution in [2.45, 2.75) is 32.7 Å². The van der Waals surface area contributed by atoms with E-state index < -0.39 is 0 Å². The second kappa shape index (κ2) is 8.11. The van der Waals surface area contributed by atoms with Gasteiger partial charge in [0.2, 0.25) is 0 Å². The molecule has 0 aliphatic carbocycles. The van der Waals surface area contributed by atoms with Crippen LogP contribution in [0.5, 0.6) is 0 Å². The van der Waals surface area contributed by atoms with Crippen molar-refractivity contribution >= 4 is 39.7 Å². The van der Waals surface area contributed by atoms with Crippen molar-refractivity contribution in [2.75, 3.05) is 18.4 Å². The molecule has 0 spiro atoms. The fourth-order valence-electron chi connectivity index (χ4n) is 2.21. The third-order valence-corrected chi connectivity index (χ3v) is 3.17. The summed E-state index contributed by atoms with van der Waals surface area (Å²) in [7, 11) is 0. The zero-order chi connectivity index (χ0) is 10.7. The number of rotatable bonds is 2. The van der Waals surface area contributed by atoms with Gasteiger partial charge in [0.05, 0.1) is 0 Å². The first-order valence-electron chi connectivity index (χ1n) is 5.81. The van der Waals surface area contributed by atoms with E-state index in [1.807, 2.05) is 0 Å². The number of nitrogens with one attached hydrogen (secondary N) is 2. The smallest absolute Gasteiger partial charge is 0.0401 e. The average Bonchev–Trinajstić information content (AvgIpc) is 2.25. The summed E-state index contributed by atoms with van der Waals surface area (Å²) in [4.78, 5) is 0. The van der Waals surface area contributed by atoms with Crippen LogP contribution in [0.3, 0.4) is 0 Å². The van der Waals surface area contributed by atoms with Crippen molar-refractivity contribution in [2.24, 2.45) is 0 Å². The molecule has 4 heteroatoms. The average molecular weight is 366 g/mol. The van der Waals surface area contributed by atoms with Crippen LogP contribution in [-0.2, 0) is 0 Å². The van der Waals surface area contributed by atoms with E-state index >= 15 is 0 Å². The van der Waals surface area contributed by atoms with E-state index in [1.165, 1.54) is 29.7 Å². The predicted molar refractivity (Wildman–Crippen MR) is 86.1 cm³/mol. The van der Waals surface area contributed by atoms with Gasteiger partial charge >= 0.3 is 0 Å². The lowest BCUT2D eigenvalue weighted by atomic mass is 10.0. The Kier molecular flexibility index (Phi) is 8.09. The maximum Gasteiger partial charge on any atom is 0.0401 e. The van der Waals surface area contributed by atoms with Crippen LogP contribution in [0.25, 0.3) is 0 Å². The van der Waals surface area contributed by atoms with Crippen molar-refractivity contribution < 1.29 is 0 Å². The molecular formula is C13H22Br2N2. The summed E-state index contributed by atoms with van der Waals surface area (Å²) in [5, 5.41) is 7.07. The van der Waals surface area contributed by atoms with Gasteiger partial charge < -0.3 is 10.6 Å². The molecule has 2 nitrogen and oxygen atoms in total. The Morgan fingerprint density at radius 1 is 1.06 bits per heavy atom. The molecule has 0 bridgehead atoms. The first-order chi connectivity index (χ1) is 7.27. The van der Waals surface area contributed by atoms with E-state index in [0.717, 1.165) is 13.1 Å². The molecule has 0 radical (unpaired) electrons. The van der Waals surface area contributed by atoms with Crippen LogP contribution in [0.2, 0.25) is 0 Å². The van der Waals surface area contributed by atoms with Crippen molar-refractivity contribution in [3.05, 3.63) is 29.3 Å². The van der Waals surface area contributed by atoms with Crippen LogP contribution >= 0.6 is 34.0 Å². The van der Waals surface area contributed by atoms with Gasteiger partial charge in [-0.25, -0.2) is 0 Å². The fourth-order valence-corrected chi connectivity index (χ4v) is 2.21. The van der Waals surface area contributed by atoms with Crippen molar-refractivity contribution in [1.29, 1.82) is 0 Å². The molecule has 0 aromatic heterocycles. The van der Waals surface area contributed by atoms with Crippen LogP contribution in [0.4, 0.5) is 5.69 Å². The Bertz CT molecular complexity index is 316. The van der Waals surface area contributed by atoms with E-state index in [9.17, 15) is 0 Å². The normalized spacial score (nSPS) is 15.6. The molecule has 2 N–H and O–H groups in total. The molecule has 0 unspecified atom stereocenters. The van der Waals surface area contributed by atoms with E-state index in [1.54, 1.807) is 0 Å². The number of para-hydroxylation sites is 1. The lowest BCUT2D eigenvalue weighted by molar-refractivity contribution is 0.479. The molecule has 0 atom stereocenters. The van der Waals surface area contributed by atoms with E-state index in [0.29, 0.717) is 6.04 Å². The molecule has 0 saturated carbocycles. The molecule has 1 heterocycles. The lowest BCUT2D eigenvalue weighted by Crippen LogP contribution is -2.35. The lowest BCUT2D eigenvalue weighted by Gasteiger charge is -2.26. The standard InChI is InChI=1S/C13H20N2.2BrH/c1-10-4-3-5-11(2)13(10)15-12-6-8-14-9-7-12;;/h3-5,12,14-15H,6-9H2,1-2H3;2*1H. The van der Waals surface area contributed by atoms with Gasteiger partial charge in [0.25, 0.3) is 0 Å². The molecule has 1 fully saturated rings. The monoisotopic (exact) mass is 364 g/mol. The van der Waals surface area contributed by atoms with Gasteiger partial charge in [0, 0.05) is 11.7 Å². The van der Waals surface area contributed by atoms with Crippen LogP contribution in [0.15, 0.2) is 18.2 Å². The van der Waals surface area contributed by atoms with E-state index in [2.05, 4.69) is 42.7 Å². The highest BCUT2D eigenvalue weighted by Crippen LogP contribution is 2.22. The summed E-state index contributed by atoms with van der Waals surface area (Å²) >= 11 is 0. The Hall–Kier alpha value is -0.0600. The molecule has 0 amide bonds. The van der Waals surface area contributed by atoms with Crippen LogP contribution in [0.1, 0.15) is 24.0 Å². The molecule has 17 heavy (non-hydrogen) atoms. The minimum absolute atomic E-state index is 0. The molecule has 1 aromatic carbocycles. The van der Waals surface area contributed by atoms with Gasteiger partial charge in [-0.15, -0.1) is 34.0 Å². The Morgan fingerprint density at radius 3 is 2.12 bits per heavy atom. The highest BCUT2D eigenvalue weighted by Gasteiger charge is 2.13. The van der Waals surface area contributed by atoms with Crippen molar-refractivity contribution in [3.63, 3.8) is 0 Å². The summed E-state index contributed by atoms with van der Waals surface area (Å²) < 4.78 is 0. The maximum absolute atomic E-state index is 3.68. The summed E-state index contributed by atoms with van der Waals surface area (Å²) in [6, 6.07) is 7.12. The quantitative estimate of drug-likeness (QED) is 0.836. The van der Waals surface area contributed by atoms with Gasteiger partial charge in [0.15, 0.2) is 0 Å². The van der Waals surface area contributed by atoms with Gasteiger partial charge in [-0.3, -0.25) is 0 Å². The molecule has 1 aliphatic heterocycles. The van der Waals surface area contributed by atoms with Gasteiger partial charge in [0.1, 0.15) is 0 Å². The molecular weight excluding hydrogens is 344 g/mol. The molecule has 98 valence electrons. The Balaban J connectivity index is 0.00000128. The third kappa shape index (κ3) is 4.60. The zero-order valence-corrected chi connectivity index (χ0v) is 13.9. The number of aryl methyl sites for hydroxylation is 2. The van der Waals surface area contributed by atoms with Gasteiger partial charge in [-0.2, -0.15) is 0 Å². The SMILES string of the molecule is Br.Br.Cc1cccc(C)c1NC1CCNCC1.